The number of nitrogens with zero attached hydrogens (tertiary/aromatic N) is 7. The number of hydrogen-bond acceptors (Lipinski definition) is 6. The molecule has 0 saturated heterocycles. The van der Waals surface area contributed by atoms with Gasteiger partial charge in [0.2, 0.25) is 11.7 Å². The van der Waals surface area contributed by atoms with Crippen LogP contribution in [-0.4, -0.2) is 40.9 Å². The monoisotopic (exact) mass is 382 g/mol. The number of hydrogen-bond donors (Lipinski definition) is 1. The molecule has 0 unspecified atom stereocenters. The molecule has 136 valence electrons. The average molecular weight is 383 g/mol. The molecule has 3 aromatic heterocycles. The molecule has 0 fully saturated rings. The van der Waals surface area contributed by atoms with Gasteiger partial charge in [0.25, 0.3) is 0 Å². The zero-order valence-electron chi connectivity index (χ0n) is 14.6. The van der Waals surface area contributed by atoms with Gasteiger partial charge in [0, 0.05) is 23.0 Å². The number of nitrogens with one attached hydrogen (secondary N) is 1. The summed E-state index contributed by atoms with van der Waals surface area (Å²) in [6, 6.07) is 8.92. The van der Waals surface area contributed by atoms with Crippen LogP contribution < -0.4 is 5.32 Å². The molecule has 0 aliphatic carbocycles. The first kappa shape index (κ1) is 17.1. The molecular weight excluding hydrogens is 368 g/mol. The van der Waals surface area contributed by atoms with Crippen molar-refractivity contribution in [2.45, 2.75) is 13.5 Å². The number of carbonyl (C=O) groups excluding carboxylic acids is 1. The Morgan fingerprint density at radius 2 is 2.00 bits per heavy atom. The van der Waals surface area contributed by atoms with Crippen LogP contribution in [0.1, 0.15) is 5.69 Å². The number of pyridine rings is 1. The summed E-state index contributed by atoms with van der Waals surface area (Å²) in [6.45, 7) is 1.83. The Morgan fingerprint density at radius 3 is 2.78 bits per heavy atom. The van der Waals surface area contributed by atoms with Crippen LogP contribution >= 0.6 is 11.6 Å². The SMILES string of the molecule is Cc1nn(C)c2ncc(NC(=O)Cn3nnc(-c4ccc(Cl)cc4)n3)cc12. The Labute approximate surface area is 159 Å². The van der Waals surface area contributed by atoms with Crippen molar-refractivity contribution >= 4 is 34.2 Å². The highest BCUT2D eigenvalue weighted by Crippen LogP contribution is 2.19. The summed E-state index contributed by atoms with van der Waals surface area (Å²) in [5.74, 6) is 0.145. The number of aryl methyl sites for hydroxylation is 2. The molecule has 1 amide bonds. The summed E-state index contributed by atoms with van der Waals surface area (Å²) in [6.07, 6.45) is 1.59. The summed E-state index contributed by atoms with van der Waals surface area (Å²) in [5.41, 5.74) is 2.96. The van der Waals surface area contributed by atoms with Crippen molar-refractivity contribution in [3.63, 3.8) is 0 Å². The van der Waals surface area contributed by atoms with Gasteiger partial charge in [-0.3, -0.25) is 9.48 Å². The third-order valence-electron chi connectivity index (χ3n) is 3.99. The molecule has 0 aliphatic heterocycles. The van der Waals surface area contributed by atoms with Crippen molar-refractivity contribution < 1.29 is 4.79 Å². The minimum absolute atomic E-state index is 0.0648. The number of tetrazole rings is 1. The van der Waals surface area contributed by atoms with Crippen molar-refractivity contribution in [3.05, 3.63) is 47.2 Å². The van der Waals surface area contributed by atoms with Crippen LogP contribution in [0.3, 0.4) is 0 Å². The smallest absolute Gasteiger partial charge is 0.248 e. The molecule has 9 nitrogen and oxygen atoms in total. The fourth-order valence-electron chi connectivity index (χ4n) is 2.73. The van der Waals surface area contributed by atoms with Crippen LogP contribution in [0.5, 0.6) is 0 Å². The third kappa shape index (κ3) is 3.49. The van der Waals surface area contributed by atoms with Crippen molar-refractivity contribution in [2.75, 3.05) is 5.32 Å². The van der Waals surface area contributed by atoms with E-state index in [1.165, 1.54) is 4.80 Å². The van der Waals surface area contributed by atoms with Crippen LogP contribution in [0.25, 0.3) is 22.4 Å². The Balaban J connectivity index is 1.47. The second kappa shape index (κ2) is 6.76. The van der Waals surface area contributed by atoms with Crippen molar-refractivity contribution in [1.29, 1.82) is 0 Å². The first-order chi connectivity index (χ1) is 13.0. The lowest BCUT2D eigenvalue weighted by molar-refractivity contribution is -0.117. The number of aromatic nitrogens is 7. The molecule has 3 heterocycles. The molecule has 0 radical (unpaired) electrons. The van der Waals surface area contributed by atoms with E-state index in [-0.39, 0.29) is 12.5 Å². The molecule has 0 bridgehead atoms. The van der Waals surface area contributed by atoms with Crippen LogP contribution in [0.15, 0.2) is 36.5 Å². The van der Waals surface area contributed by atoms with Gasteiger partial charge in [0.1, 0.15) is 6.54 Å². The topological polar surface area (TPSA) is 103 Å². The average Bonchev–Trinajstić information content (AvgIpc) is 3.20. The molecule has 27 heavy (non-hydrogen) atoms. The number of anilines is 1. The molecular formula is C17H15ClN8O. The lowest BCUT2D eigenvalue weighted by Gasteiger charge is -2.04. The molecule has 4 rings (SSSR count). The van der Waals surface area contributed by atoms with Gasteiger partial charge in [-0.05, 0) is 42.5 Å². The second-order valence-electron chi connectivity index (χ2n) is 6.00. The van der Waals surface area contributed by atoms with Crippen LogP contribution in [0.2, 0.25) is 5.02 Å². The van der Waals surface area contributed by atoms with E-state index in [1.54, 1.807) is 35.1 Å². The Kier molecular flexibility index (Phi) is 4.28. The number of fused-ring (bicyclic) bond motifs is 1. The summed E-state index contributed by atoms with van der Waals surface area (Å²) in [7, 11) is 1.83. The Morgan fingerprint density at radius 1 is 1.22 bits per heavy atom. The lowest BCUT2D eigenvalue weighted by Crippen LogP contribution is -2.20. The van der Waals surface area contributed by atoms with E-state index in [2.05, 4.69) is 30.8 Å². The molecule has 0 aliphatic rings. The largest absolute Gasteiger partial charge is 0.323 e. The number of halogens is 1. The van der Waals surface area contributed by atoms with Gasteiger partial charge in [0.15, 0.2) is 5.65 Å². The number of amides is 1. The van der Waals surface area contributed by atoms with Gasteiger partial charge in [-0.1, -0.05) is 11.6 Å². The number of carbonyl (C=O) groups is 1. The van der Waals surface area contributed by atoms with Crippen molar-refractivity contribution in [2.24, 2.45) is 7.05 Å². The highest BCUT2D eigenvalue weighted by Gasteiger charge is 2.12. The second-order valence-corrected chi connectivity index (χ2v) is 6.44. The van der Waals surface area contributed by atoms with E-state index in [9.17, 15) is 4.79 Å². The Bertz CT molecular complexity index is 1130. The summed E-state index contributed by atoms with van der Waals surface area (Å²) in [5, 5.41) is 20.7. The molecule has 0 spiro atoms. The zero-order valence-corrected chi connectivity index (χ0v) is 15.3. The summed E-state index contributed by atoms with van der Waals surface area (Å²) >= 11 is 5.87. The molecule has 0 atom stereocenters. The zero-order chi connectivity index (χ0) is 19.0. The van der Waals surface area contributed by atoms with E-state index < -0.39 is 0 Å². The highest BCUT2D eigenvalue weighted by molar-refractivity contribution is 6.30. The third-order valence-corrected chi connectivity index (χ3v) is 4.24. The van der Waals surface area contributed by atoms with Gasteiger partial charge >= 0.3 is 0 Å². The van der Waals surface area contributed by atoms with Gasteiger partial charge in [-0.25, -0.2) is 4.98 Å². The van der Waals surface area contributed by atoms with Crippen LogP contribution in [0, 0.1) is 6.92 Å². The first-order valence-corrected chi connectivity index (χ1v) is 8.50. The maximum atomic E-state index is 12.3. The van der Waals surface area contributed by atoms with Crippen molar-refractivity contribution in [1.82, 2.24) is 35.0 Å². The van der Waals surface area contributed by atoms with Crippen LogP contribution in [0.4, 0.5) is 5.69 Å². The number of benzene rings is 1. The Hall–Kier alpha value is -3.33. The van der Waals surface area contributed by atoms with E-state index >= 15 is 0 Å². The van der Waals surface area contributed by atoms with Gasteiger partial charge in [-0.2, -0.15) is 9.90 Å². The van der Waals surface area contributed by atoms with Gasteiger partial charge < -0.3 is 5.32 Å². The summed E-state index contributed by atoms with van der Waals surface area (Å²) in [4.78, 5) is 17.9. The predicted molar refractivity (Wildman–Crippen MR) is 100 cm³/mol. The molecule has 10 heteroatoms. The van der Waals surface area contributed by atoms with E-state index in [1.807, 2.05) is 20.0 Å². The molecule has 0 saturated carbocycles. The van der Waals surface area contributed by atoms with E-state index in [0.717, 1.165) is 22.3 Å². The minimum Gasteiger partial charge on any atom is -0.323 e. The standard InChI is InChI=1S/C17H15ClN8O/c1-10-14-7-13(8-19-17(14)25(2)22-10)20-15(27)9-26-23-16(21-24-26)11-3-5-12(18)6-4-11/h3-8H,9H2,1-2H3,(H,20,27). The fourth-order valence-corrected chi connectivity index (χ4v) is 2.86. The molecule has 1 N–H and O–H groups in total. The van der Waals surface area contributed by atoms with Gasteiger partial charge in [0.05, 0.1) is 17.6 Å². The molecule has 4 aromatic rings. The normalized spacial score (nSPS) is 11.1. The maximum Gasteiger partial charge on any atom is 0.248 e. The van der Waals surface area contributed by atoms with Crippen molar-refractivity contribution in [3.8, 4) is 11.4 Å². The van der Waals surface area contributed by atoms with E-state index in [4.69, 9.17) is 11.6 Å². The van der Waals surface area contributed by atoms with Gasteiger partial charge in [-0.15, -0.1) is 10.2 Å². The number of rotatable bonds is 4. The van der Waals surface area contributed by atoms with E-state index in [0.29, 0.717) is 16.5 Å². The predicted octanol–water partition coefficient (Wildman–Crippen LogP) is 2.22. The minimum atomic E-state index is -0.280. The molecule has 1 aromatic carbocycles. The quantitative estimate of drug-likeness (QED) is 0.580. The fraction of sp³-hybridized carbons (Fsp3) is 0.176. The lowest BCUT2D eigenvalue weighted by atomic mass is 10.2. The highest BCUT2D eigenvalue weighted by atomic mass is 35.5. The summed E-state index contributed by atoms with van der Waals surface area (Å²) < 4.78 is 1.70. The maximum absolute atomic E-state index is 12.3. The van der Waals surface area contributed by atoms with Crippen LogP contribution in [-0.2, 0) is 18.4 Å². The first-order valence-electron chi connectivity index (χ1n) is 8.12.